The molecule has 10 heteroatoms. The molecule has 4 heterocycles. The molecule has 1 fully saturated rings. The first-order valence-electron chi connectivity index (χ1n) is 11.2. The number of hydrogen-bond acceptors (Lipinski definition) is 9. The number of nitrogens with one attached hydrogen (secondary N) is 1. The maximum absolute atomic E-state index is 9.99. The van der Waals surface area contributed by atoms with Crippen molar-refractivity contribution in [3.8, 4) is 28.4 Å². The van der Waals surface area contributed by atoms with Gasteiger partial charge >= 0.3 is 0 Å². The first kappa shape index (κ1) is 22.1. The smallest absolute Gasteiger partial charge is 0.223 e. The Morgan fingerprint density at radius 3 is 2.97 bits per heavy atom. The number of phenols is 1. The lowest BCUT2D eigenvalue weighted by Gasteiger charge is -2.34. The molecule has 0 amide bonds. The Morgan fingerprint density at radius 2 is 2.12 bits per heavy atom. The Kier molecular flexibility index (Phi) is 6.50. The monoisotopic (exact) mass is 468 g/mol. The van der Waals surface area contributed by atoms with Crippen LogP contribution in [0.3, 0.4) is 0 Å². The van der Waals surface area contributed by atoms with Crippen LogP contribution in [0.2, 0.25) is 0 Å². The highest BCUT2D eigenvalue weighted by atomic mass is 32.2. The van der Waals surface area contributed by atoms with E-state index in [4.69, 9.17) is 15.1 Å². The summed E-state index contributed by atoms with van der Waals surface area (Å²) in [5.74, 6) is 1.74. The number of hydrogen-bond donors (Lipinski definition) is 4. The van der Waals surface area contributed by atoms with Crippen LogP contribution in [0.4, 0.5) is 5.95 Å². The molecule has 9 nitrogen and oxygen atoms in total. The predicted octanol–water partition coefficient (Wildman–Crippen LogP) is 2.05. The number of rotatable bonds is 7. The van der Waals surface area contributed by atoms with E-state index < -0.39 is 6.10 Å². The highest BCUT2D eigenvalue weighted by molar-refractivity contribution is 7.99. The molecule has 0 unspecified atom stereocenters. The highest BCUT2D eigenvalue weighted by Gasteiger charge is 2.26. The van der Waals surface area contributed by atoms with Crippen molar-refractivity contribution in [2.45, 2.75) is 36.7 Å². The largest absolute Gasteiger partial charge is 0.508 e. The summed E-state index contributed by atoms with van der Waals surface area (Å²) in [4.78, 5) is 16.3. The topological polar surface area (TPSA) is 120 Å². The van der Waals surface area contributed by atoms with Gasteiger partial charge in [-0.2, -0.15) is 0 Å². The normalized spacial score (nSPS) is 19.4. The molecule has 0 spiro atoms. The predicted molar refractivity (Wildman–Crippen MR) is 127 cm³/mol. The van der Waals surface area contributed by atoms with Crippen LogP contribution in [0.15, 0.2) is 41.7 Å². The number of aliphatic hydroxyl groups excluding tert-OH is 2. The third-order valence-corrected chi connectivity index (χ3v) is 6.97. The number of phenolic OH excluding ortho intramolecular Hbond substituents is 1. The van der Waals surface area contributed by atoms with Crippen molar-refractivity contribution in [2.24, 2.45) is 0 Å². The van der Waals surface area contributed by atoms with E-state index in [1.165, 1.54) is 0 Å². The van der Waals surface area contributed by atoms with Gasteiger partial charge in [0.1, 0.15) is 5.75 Å². The molecule has 174 valence electrons. The van der Waals surface area contributed by atoms with Crippen LogP contribution in [0, 0.1) is 0 Å². The van der Waals surface area contributed by atoms with E-state index >= 15 is 0 Å². The van der Waals surface area contributed by atoms with Crippen LogP contribution in [-0.2, 0) is 6.54 Å². The van der Waals surface area contributed by atoms with Gasteiger partial charge in [-0.05, 0) is 37.6 Å². The highest BCUT2D eigenvalue weighted by Crippen LogP contribution is 2.39. The summed E-state index contributed by atoms with van der Waals surface area (Å²) < 4.78 is 2.19. The Hall–Kier alpha value is -2.66. The second-order valence-electron chi connectivity index (χ2n) is 8.49. The lowest BCUT2D eigenvalue weighted by Crippen LogP contribution is -2.45. The molecule has 2 aliphatic rings. The third-order valence-electron chi connectivity index (χ3n) is 6.01. The molecule has 3 aromatic rings. The Morgan fingerprint density at radius 1 is 1.21 bits per heavy atom. The zero-order valence-corrected chi connectivity index (χ0v) is 19.1. The van der Waals surface area contributed by atoms with E-state index in [2.05, 4.69) is 19.8 Å². The van der Waals surface area contributed by atoms with Gasteiger partial charge in [0, 0.05) is 43.2 Å². The Labute approximate surface area is 196 Å². The number of aromatic hydroxyl groups is 1. The van der Waals surface area contributed by atoms with E-state index in [0.717, 1.165) is 66.0 Å². The quantitative estimate of drug-likeness (QED) is 0.413. The number of imidazole rings is 1. The Balaban J connectivity index is 1.41. The molecule has 0 radical (unpaired) electrons. The Bertz CT molecular complexity index is 1120. The summed E-state index contributed by atoms with van der Waals surface area (Å²) in [6, 6.07) is 9.21. The number of aromatic nitrogens is 4. The summed E-state index contributed by atoms with van der Waals surface area (Å²) in [5.41, 5.74) is 3.38. The minimum absolute atomic E-state index is 0.164. The molecule has 4 N–H and O–H groups in total. The minimum Gasteiger partial charge on any atom is -0.508 e. The van der Waals surface area contributed by atoms with Crippen molar-refractivity contribution in [2.75, 3.05) is 37.3 Å². The summed E-state index contributed by atoms with van der Waals surface area (Å²) in [6.07, 6.45) is 3.03. The minimum atomic E-state index is -0.721. The van der Waals surface area contributed by atoms with E-state index in [1.807, 2.05) is 18.2 Å². The van der Waals surface area contributed by atoms with Crippen molar-refractivity contribution in [3.63, 3.8) is 0 Å². The SMILES string of the molecule is OC[C@H](O)CN1CCC[C@@H](Nc2nccc(-c3c(-c4cccc(O)c4)nc4n3CCS4)n2)C1. The molecule has 2 atom stereocenters. The summed E-state index contributed by atoms with van der Waals surface area (Å²) in [5, 5.41) is 33.3. The molecule has 0 bridgehead atoms. The number of fused-ring (bicyclic) bond motifs is 1. The van der Waals surface area contributed by atoms with Crippen molar-refractivity contribution in [1.82, 2.24) is 24.4 Å². The number of aliphatic hydroxyl groups is 2. The number of nitrogens with zero attached hydrogens (tertiary/aromatic N) is 5. The van der Waals surface area contributed by atoms with Gasteiger partial charge < -0.3 is 25.2 Å². The molecule has 0 saturated carbocycles. The number of anilines is 1. The van der Waals surface area contributed by atoms with Crippen LogP contribution in [0.5, 0.6) is 5.75 Å². The zero-order chi connectivity index (χ0) is 22.8. The van der Waals surface area contributed by atoms with E-state index in [0.29, 0.717) is 12.5 Å². The average molecular weight is 469 g/mol. The molecule has 2 aliphatic heterocycles. The number of β-amino-alcohol motifs (C(OH)–C–C–N with tert-alkyl or cyclic N) is 1. The molecular weight excluding hydrogens is 440 g/mol. The lowest BCUT2D eigenvalue weighted by molar-refractivity contribution is 0.0517. The van der Waals surface area contributed by atoms with Gasteiger partial charge in [0.05, 0.1) is 29.8 Å². The second kappa shape index (κ2) is 9.68. The molecule has 1 saturated heterocycles. The first-order chi connectivity index (χ1) is 16.1. The number of thioether (sulfide) groups is 1. The molecular formula is C23H28N6O3S. The van der Waals surface area contributed by atoms with Gasteiger partial charge in [-0.15, -0.1) is 0 Å². The molecule has 2 aromatic heterocycles. The fourth-order valence-electron chi connectivity index (χ4n) is 4.53. The fraction of sp³-hybridized carbons (Fsp3) is 0.435. The lowest BCUT2D eigenvalue weighted by atomic mass is 10.1. The molecule has 1 aromatic carbocycles. The van der Waals surface area contributed by atoms with Crippen LogP contribution in [0.25, 0.3) is 22.6 Å². The fourth-order valence-corrected chi connectivity index (χ4v) is 5.48. The number of piperidine rings is 1. The van der Waals surface area contributed by atoms with Crippen LogP contribution < -0.4 is 5.32 Å². The van der Waals surface area contributed by atoms with E-state index in [1.54, 1.807) is 30.1 Å². The maximum atomic E-state index is 9.99. The van der Waals surface area contributed by atoms with Crippen molar-refractivity contribution in [3.05, 3.63) is 36.5 Å². The summed E-state index contributed by atoms with van der Waals surface area (Å²) >= 11 is 1.72. The average Bonchev–Trinajstić information content (AvgIpc) is 3.41. The van der Waals surface area contributed by atoms with Crippen LogP contribution in [-0.4, -0.2) is 83.9 Å². The zero-order valence-electron chi connectivity index (χ0n) is 18.3. The van der Waals surface area contributed by atoms with Crippen molar-refractivity contribution < 1.29 is 15.3 Å². The van der Waals surface area contributed by atoms with Gasteiger partial charge in [-0.25, -0.2) is 15.0 Å². The molecule has 5 rings (SSSR count). The molecule has 33 heavy (non-hydrogen) atoms. The maximum Gasteiger partial charge on any atom is 0.223 e. The van der Waals surface area contributed by atoms with Gasteiger partial charge in [0.2, 0.25) is 5.95 Å². The van der Waals surface area contributed by atoms with E-state index in [-0.39, 0.29) is 18.4 Å². The molecule has 0 aliphatic carbocycles. The number of likely N-dealkylation sites (tertiary alicyclic amines) is 1. The third kappa shape index (κ3) is 4.84. The van der Waals surface area contributed by atoms with Crippen LogP contribution >= 0.6 is 11.8 Å². The van der Waals surface area contributed by atoms with Gasteiger partial charge in [0.15, 0.2) is 5.16 Å². The van der Waals surface area contributed by atoms with Gasteiger partial charge in [0.25, 0.3) is 0 Å². The van der Waals surface area contributed by atoms with Gasteiger partial charge in [-0.1, -0.05) is 23.9 Å². The number of benzene rings is 1. The van der Waals surface area contributed by atoms with Crippen molar-refractivity contribution in [1.29, 1.82) is 0 Å². The summed E-state index contributed by atoms with van der Waals surface area (Å²) in [7, 11) is 0. The van der Waals surface area contributed by atoms with Gasteiger partial charge in [-0.3, -0.25) is 4.90 Å². The van der Waals surface area contributed by atoms with Crippen LogP contribution in [0.1, 0.15) is 12.8 Å². The second-order valence-corrected chi connectivity index (χ2v) is 9.55. The summed E-state index contributed by atoms with van der Waals surface area (Å²) in [6.45, 7) is 2.76. The van der Waals surface area contributed by atoms with E-state index in [9.17, 15) is 10.2 Å². The standard InChI is InChI=1S/C23H28N6O3S/c30-14-18(32)13-28-8-2-4-16(12-28)25-22-24-7-6-19(26-22)21-20(15-3-1-5-17(31)11-15)27-23-29(21)9-10-33-23/h1,3,5-7,11,16,18,30-32H,2,4,8-10,12-14H2,(H,24,25,26)/t16-,18-/m1/s1. The van der Waals surface area contributed by atoms with Crippen molar-refractivity contribution >= 4 is 17.7 Å². The first-order valence-corrected chi connectivity index (χ1v) is 12.2.